The fourth-order valence-electron chi connectivity index (χ4n) is 3.10. The minimum absolute atomic E-state index is 0.0821. The summed E-state index contributed by atoms with van der Waals surface area (Å²) in [7, 11) is 3.28. The minimum atomic E-state index is 0.0821. The predicted octanol–water partition coefficient (Wildman–Crippen LogP) is 0.925. The molecular weight excluding hydrogens is 346 g/mol. The van der Waals surface area contributed by atoms with Gasteiger partial charge in [-0.1, -0.05) is 12.1 Å². The number of aryl methyl sites for hydroxylation is 1. The molecule has 0 unspecified atom stereocenters. The van der Waals surface area contributed by atoms with Crippen molar-refractivity contribution in [2.24, 2.45) is 0 Å². The summed E-state index contributed by atoms with van der Waals surface area (Å²) in [5.41, 5.74) is 1.12. The van der Waals surface area contributed by atoms with Crippen LogP contribution in [0.25, 0.3) is 0 Å². The molecule has 0 radical (unpaired) electrons. The van der Waals surface area contributed by atoms with Crippen LogP contribution in [0.5, 0.6) is 5.75 Å². The Labute approximate surface area is 161 Å². The average Bonchev–Trinajstić information content (AvgIpc) is 2.96. The van der Waals surface area contributed by atoms with E-state index in [4.69, 9.17) is 9.47 Å². The standard InChI is InChI=1S/C20H31N3O4/c1-26-15-10-21-16-20(25)23-12-3-11-22(13-14-23)19(24)9-6-17-4-7-18(27-2)8-5-17/h4-5,7-8,21H,3,6,9-16H2,1-2H3. The number of carbonyl (C=O) groups is 2. The first-order chi connectivity index (χ1) is 13.1. The van der Waals surface area contributed by atoms with Gasteiger partial charge in [0.05, 0.1) is 20.3 Å². The lowest BCUT2D eigenvalue weighted by Crippen LogP contribution is -2.41. The maximum atomic E-state index is 12.5. The van der Waals surface area contributed by atoms with E-state index in [2.05, 4.69) is 5.32 Å². The number of nitrogens with one attached hydrogen (secondary N) is 1. The lowest BCUT2D eigenvalue weighted by molar-refractivity contribution is -0.133. The molecule has 2 amide bonds. The van der Waals surface area contributed by atoms with Crippen LogP contribution in [0.15, 0.2) is 24.3 Å². The van der Waals surface area contributed by atoms with Gasteiger partial charge in [0.15, 0.2) is 0 Å². The summed E-state index contributed by atoms with van der Waals surface area (Å²) in [6, 6.07) is 7.81. The van der Waals surface area contributed by atoms with Gasteiger partial charge in [0, 0.05) is 46.3 Å². The van der Waals surface area contributed by atoms with E-state index in [0.29, 0.717) is 58.7 Å². The Hall–Kier alpha value is -2.12. The van der Waals surface area contributed by atoms with Crippen LogP contribution in [0.1, 0.15) is 18.4 Å². The molecule has 2 rings (SSSR count). The molecule has 27 heavy (non-hydrogen) atoms. The van der Waals surface area contributed by atoms with Crippen molar-refractivity contribution in [3.8, 4) is 5.75 Å². The topological polar surface area (TPSA) is 71.1 Å². The largest absolute Gasteiger partial charge is 0.497 e. The van der Waals surface area contributed by atoms with Gasteiger partial charge >= 0.3 is 0 Å². The third-order valence-electron chi connectivity index (χ3n) is 4.75. The zero-order valence-electron chi connectivity index (χ0n) is 16.4. The number of amides is 2. The van der Waals surface area contributed by atoms with Gasteiger partial charge in [-0.2, -0.15) is 0 Å². The second-order valence-corrected chi connectivity index (χ2v) is 6.63. The molecule has 1 aliphatic rings. The molecule has 0 aliphatic carbocycles. The summed E-state index contributed by atoms with van der Waals surface area (Å²) >= 11 is 0. The van der Waals surface area contributed by atoms with E-state index in [1.807, 2.05) is 34.1 Å². The normalized spacial score (nSPS) is 14.7. The number of ether oxygens (including phenoxy) is 2. The smallest absolute Gasteiger partial charge is 0.236 e. The third kappa shape index (κ3) is 7.19. The molecule has 7 nitrogen and oxygen atoms in total. The van der Waals surface area contributed by atoms with Crippen molar-refractivity contribution in [3.05, 3.63) is 29.8 Å². The number of carbonyl (C=O) groups excluding carboxylic acids is 2. The number of hydrogen-bond acceptors (Lipinski definition) is 5. The summed E-state index contributed by atoms with van der Waals surface area (Å²) in [5, 5.41) is 3.08. The van der Waals surface area contributed by atoms with Crippen LogP contribution >= 0.6 is 0 Å². The van der Waals surface area contributed by atoms with Crippen molar-refractivity contribution in [3.63, 3.8) is 0 Å². The lowest BCUT2D eigenvalue weighted by Gasteiger charge is -2.22. The van der Waals surface area contributed by atoms with Crippen LogP contribution < -0.4 is 10.1 Å². The predicted molar refractivity (Wildman–Crippen MR) is 104 cm³/mol. The Balaban J connectivity index is 1.73. The Bertz CT molecular complexity index is 591. The SMILES string of the molecule is COCCNCC(=O)N1CCCN(C(=O)CCc2ccc(OC)cc2)CC1. The highest BCUT2D eigenvalue weighted by Gasteiger charge is 2.21. The van der Waals surface area contributed by atoms with E-state index in [9.17, 15) is 9.59 Å². The van der Waals surface area contributed by atoms with Crippen LogP contribution in [-0.4, -0.2) is 81.7 Å². The van der Waals surface area contributed by atoms with E-state index >= 15 is 0 Å². The highest BCUT2D eigenvalue weighted by molar-refractivity contribution is 5.79. The Morgan fingerprint density at radius 3 is 2.30 bits per heavy atom. The van der Waals surface area contributed by atoms with Crippen LogP contribution in [0.4, 0.5) is 0 Å². The highest BCUT2D eigenvalue weighted by atomic mass is 16.5. The fourth-order valence-corrected chi connectivity index (χ4v) is 3.10. The third-order valence-corrected chi connectivity index (χ3v) is 4.75. The second kappa shape index (κ2) is 11.6. The molecule has 1 aliphatic heterocycles. The molecule has 1 N–H and O–H groups in total. The first-order valence-corrected chi connectivity index (χ1v) is 9.52. The molecule has 0 atom stereocenters. The van der Waals surface area contributed by atoms with Crippen molar-refractivity contribution in [2.75, 3.05) is 60.1 Å². The van der Waals surface area contributed by atoms with Gasteiger partial charge in [-0.15, -0.1) is 0 Å². The second-order valence-electron chi connectivity index (χ2n) is 6.63. The summed E-state index contributed by atoms with van der Waals surface area (Å²) in [6.45, 7) is 4.17. The van der Waals surface area contributed by atoms with Crippen LogP contribution in [0.2, 0.25) is 0 Å². The number of hydrogen-bond donors (Lipinski definition) is 1. The van der Waals surface area contributed by atoms with Gasteiger partial charge in [-0.25, -0.2) is 0 Å². The van der Waals surface area contributed by atoms with Crippen molar-refractivity contribution < 1.29 is 19.1 Å². The van der Waals surface area contributed by atoms with Crippen molar-refractivity contribution in [1.29, 1.82) is 0 Å². The van der Waals surface area contributed by atoms with Gasteiger partial charge in [0.1, 0.15) is 5.75 Å². The quantitative estimate of drug-likeness (QED) is 0.648. The monoisotopic (exact) mass is 377 g/mol. The van der Waals surface area contributed by atoms with E-state index in [0.717, 1.165) is 17.7 Å². The van der Waals surface area contributed by atoms with Gasteiger partial charge in [0.25, 0.3) is 0 Å². The molecule has 1 saturated heterocycles. The molecule has 1 fully saturated rings. The van der Waals surface area contributed by atoms with E-state index in [1.54, 1.807) is 14.2 Å². The molecule has 1 aromatic carbocycles. The maximum Gasteiger partial charge on any atom is 0.236 e. The molecule has 0 aromatic heterocycles. The van der Waals surface area contributed by atoms with Gasteiger partial charge in [-0.05, 0) is 30.5 Å². The summed E-state index contributed by atoms with van der Waals surface area (Å²) < 4.78 is 10.1. The van der Waals surface area contributed by atoms with Crippen molar-refractivity contribution in [2.45, 2.75) is 19.3 Å². The molecule has 0 spiro atoms. The maximum absolute atomic E-state index is 12.5. The Morgan fingerprint density at radius 2 is 1.67 bits per heavy atom. The number of rotatable bonds is 9. The number of nitrogens with zero attached hydrogens (tertiary/aromatic N) is 2. The highest BCUT2D eigenvalue weighted by Crippen LogP contribution is 2.13. The Morgan fingerprint density at radius 1 is 1.00 bits per heavy atom. The molecule has 1 aromatic rings. The summed E-state index contributed by atoms with van der Waals surface area (Å²) in [6.07, 6.45) is 2.02. The van der Waals surface area contributed by atoms with Gasteiger partial charge in [0.2, 0.25) is 11.8 Å². The van der Waals surface area contributed by atoms with Gasteiger partial charge in [-0.3, -0.25) is 9.59 Å². The zero-order chi connectivity index (χ0) is 19.5. The first-order valence-electron chi connectivity index (χ1n) is 9.52. The first kappa shape index (κ1) is 21.2. The molecule has 0 bridgehead atoms. The molecule has 1 heterocycles. The molecule has 150 valence electrons. The average molecular weight is 377 g/mol. The molecular formula is C20H31N3O4. The van der Waals surface area contributed by atoms with Crippen molar-refractivity contribution >= 4 is 11.8 Å². The lowest BCUT2D eigenvalue weighted by atomic mass is 10.1. The number of benzene rings is 1. The van der Waals surface area contributed by atoms with E-state index < -0.39 is 0 Å². The van der Waals surface area contributed by atoms with Crippen LogP contribution in [0.3, 0.4) is 0 Å². The number of methoxy groups -OCH3 is 2. The Kier molecular flexibility index (Phi) is 9.07. The minimum Gasteiger partial charge on any atom is -0.497 e. The van der Waals surface area contributed by atoms with E-state index in [-0.39, 0.29) is 11.8 Å². The van der Waals surface area contributed by atoms with Crippen molar-refractivity contribution in [1.82, 2.24) is 15.1 Å². The summed E-state index contributed by atoms with van der Waals surface area (Å²) in [5.74, 6) is 1.05. The van der Waals surface area contributed by atoms with Gasteiger partial charge < -0.3 is 24.6 Å². The summed E-state index contributed by atoms with van der Waals surface area (Å²) in [4.78, 5) is 28.5. The van der Waals surface area contributed by atoms with Crippen LogP contribution in [-0.2, 0) is 20.7 Å². The molecule has 0 saturated carbocycles. The molecule has 7 heteroatoms. The van der Waals surface area contributed by atoms with Crippen LogP contribution in [0, 0.1) is 0 Å². The fraction of sp³-hybridized carbons (Fsp3) is 0.600. The zero-order valence-corrected chi connectivity index (χ0v) is 16.4. The van der Waals surface area contributed by atoms with E-state index in [1.165, 1.54) is 0 Å².